The van der Waals surface area contributed by atoms with E-state index in [0.29, 0.717) is 0 Å². The lowest BCUT2D eigenvalue weighted by molar-refractivity contribution is -0.109. The summed E-state index contributed by atoms with van der Waals surface area (Å²) in [5, 5.41) is 87.2. The predicted octanol–water partition coefficient (Wildman–Crippen LogP) is 21.0. The Bertz CT molecular complexity index is 8090. The smallest absolute Gasteiger partial charge is 0.190 e. The summed E-state index contributed by atoms with van der Waals surface area (Å²) >= 11 is 1.27. The Kier molecular flexibility index (Phi) is 3.51. The molecule has 0 atom stereocenters. The molecule has 2 heteroatoms. The van der Waals surface area contributed by atoms with Crippen molar-refractivity contribution in [2.45, 2.75) is 42.9 Å². The molecule has 0 spiro atoms. The number of carbonyl (C=O) groups excluding carboxylic acids is 1. The minimum Gasteiger partial charge on any atom is -0.287 e. The summed E-state index contributed by atoms with van der Waals surface area (Å²) in [5.41, 5.74) is 9.62. The zero-order valence-electron chi connectivity index (χ0n) is 43.6. The van der Waals surface area contributed by atoms with E-state index in [1.54, 1.807) is 320 Å². The number of aryl methyl sites for hydroxylation is 1. The standard InChI is InChI=1S/C81H18OS/c1-4-19-15-18(6-10-20(19)9-5-17-7-11-21(12-8-17)83-16(2)82)13-14-81-78-72-66-56-44-36-28-24-22-23-26-30(28)38(44)48-42-34(26)35-27(23)31-29-25(22)33-32(24)40-46(36)54-60-50(40)51-41(33)47-37(29)45-39(31)49-43(35)53-52(42)64(58(48)66)74(78)75-65(53)59(49)67-57(45)63-55(47)61(51)69-68(60)76(70(72)62(54)56)80(81,3)77(69)71(63)73(67)79(75)81/h6-8,10-12,15H,4H2,1-3H3. The van der Waals surface area contributed by atoms with Crippen molar-refractivity contribution in [1.82, 2.24) is 0 Å². The molecule has 0 radical (unpaired) electrons. The summed E-state index contributed by atoms with van der Waals surface area (Å²) < 4.78 is 0. The van der Waals surface area contributed by atoms with Gasteiger partial charge in [-0.15, -0.1) is 0 Å². The van der Waals surface area contributed by atoms with Gasteiger partial charge in [0.1, 0.15) is 0 Å². The lowest BCUT2D eigenvalue weighted by Crippen LogP contribution is -2.49. The Hall–Kier alpha value is -9.96. The maximum Gasteiger partial charge on any atom is 0.190 e. The van der Waals surface area contributed by atoms with E-state index in [4.69, 9.17) is 0 Å². The number of carbonyl (C=O) groups is 1. The van der Waals surface area contributed by atoms with Crippen molar-refractivity contribution in [3.63, 3.8) is 0 Å². The molecule has 30 aromatic rings. The van der Waals surface area contributed by atoms with Gasteiger partial charge in [0.05, 0.1) is 5.41 Å². The molecule has 4 aliphatic carbocycles. The summed E-state index contributed by atoms with van der Waals surface area (Å²) in [5.74, 6) is 16.0. The fourth-order valence-corrected chi connectivity index (χ4v) is 26.6. The van der Waals surface area contributed by atoms with Gasteiger partial charge >= 0.3 is 0 Å². The van der Waals surface area contributed by atoms with Crippen molar-refractivity contribution >= 4 is 308 Å². The molecule has 0 bridgehead atoms. The van der Waals surface area contributed by atoms with Crippen LogP contribution in [0.4, 0.5) is 0 Å². The number of thioether (sulfide) groups is 1. The Balaban J connectivity index is 0.905. The lowest BCUT2D eigenvalue weighted by Gasteiger charge is -2.49. The quantitative estimate of drug-likeness (QED) is 0.0975. The summed E-state index contributed by atoms with van der Waals surface area (Å²) in [6.07, 6.45) is 0.865. The van der Waals surface area contributed by atoms with Gasteiger partial charge < -0.3 is 0 Å². The van der Waals surface area contributed by atoms with Gasteiger partial charge in [0.15, 0.2) is 5.12 Å². The Morgan fingerprint density at radius 3 is 0.880 bits per heavy atom. The van der Waals surface area contributed by atoms with E-state index in [0.717, 1.165) is 28.0 Å². The van der Waals surface area contributed by atoms with Crippen LogP contribution in [-0.2, 0) is 22.0 Å². The molecule has 4 aliphatic rings. The topological polar surface area (TPSA) is 17.1 Å². The van der Waals surface area contributed by atoms with Crippen LogP contribution in [-0.4, -0.2) is 5.12 Å². The molecule has 0 saturated carbocycles. The molecule has 83 heavy (non-hydrogen) atoms. The number of hydrogen-bond donors (Lipinski definition) is 0. The van der Waals surface area contributed by atoms with Gasteiger partial charge in [-0.3, -0.25) is 4.79 Å². The van der Waals surface area contributed by atoms with Crippen molar-refractivity contribution in [2.75, 3.05) is 0 Å². The predicted molar refractivity (Wildman–Crippen MR) is 351 cm³/mol. The number of rotatable bonds is 2. The summed E-state index contributed by atoms with van der Waals surface area (Å²) in [7, 11) is 0. The summed E-state index contributed by atoms with van der Waals surface area (Å²) in [6, 6.07) is 15.0. The first-order valence-electron chi connectivity index (χ1n) is 30.2. The van der Waals surface area contributed by atoms with Gasteiger partial charge in [-0.05, 0) is 374 Å². The monoisotopic (exact) mass is 1040 g/mol. The van der Waals surface area contributed by atoms with E-state index in [2.05, 4.69) is 55.7 Å². The molecule has 1 nitrogen and oxygen atoms in total. The average molecular weight is 1040 g/mol. The van der Waals surface area contributed by atoms with Crippen LogP contribution in [0.25, 0.3) is 291 Å². The van der Waals surface area contributed by atoms with Crippen LogP contribution in [0.3, 0.4) is 0 Å². The highest BCUT2D eigenvalue weighted by molar-refractivity contribution is 8.13. The van der Waals surface area contributed by atoms with Crippen molar-refractivity contribution in [1.29, 1.82) is 0 Å². The van der Waals surface area contributed by atoms with Gasteiger partial charge in [0.2, 0.25) is 0 Å². The minimum atomic E-state index is -0.657. The third-order valence-electron chi connectivity index (χ3n) is 27.1. The second-order valence-corrected chi connectivity index (χ2v) is 29.7. The van der Waals surface area contributed by atoms with Gasteiger partial charge in [-0.25, -0.2) is 0 Å². The van der Waals surface area contributed by atoms with E-state index in [-0.39, 0.29) is 5.12 Å². The van der Waals surface area contributed by atoms with Gasteiger partial charge in [-0.1, -0.05) is 42.4 Å². The molecule has 0 heterocycles. The van der Waals surface area contributed by atoms with Crippen molar-refractivity contribution < 1.29 is 4.79 Å². The first-order valence-corrected chi connectivity index (χ1v) is 31.0. The van der Waals surface area contributed by atoms with E-state index in [9.17, 15) is 4.79 Å². The Morgan fingerprint density at radius 2 is 0.602 bits per heavy atom. The average Bonchev–Trinajstić information content (AvgIpc) is 1.39. The van der Waals surface area contributed by atoms with Gasteiger partial charge in [-0.2, -0.15) is 0 Å². The molecule has 34 rings (SSSR count). The minimum absolute atomic E-state index is 0.0933. The number of benzene rings is 20. The highest BCUT2D eigenvalue weighted by Gasteiger charge is 2.68. The first kappa shape index (κ1) is 34.4. The lowest BCUT2D eigenvalue weighted by atomic mass is 9.49. The van der Waals surface area contributed by atoms with Crippen molar-refractivity contribution in [2.24, 2.45) is 0 Å². The van der Waals surface area contributed by atoms with Crippen LogP contribution in [0.1, 0.15) is 65.3 Å². The van der Waals surface area contributed by atoms with Crippen LogP contribution in [0, 0.1) is 23.7 Å². The normalized spacial score (nSPS) is 19.8. The molecule has 0 saturated heterocycles. The fraction of sp³-hybridized carbons (Fsp3) is 0.0741. The third kappa shape index (κ3) is 2.18. The SMILES string of the molecule is CCc1cc(C#CC23c4c5c6c7c8c9c(c%10c%11c2c2c4c4c%12c5c5c6c6c8c8c%13c9c9c%10c%10c%11c%11c2c2c4c4c%12c%12c5c5c6c8c6c8c%13c9c9c%10c%10c%11c2c2c4c4c%12c5c6c5c8c9c%10c2c45)C73C)ccc1C#Cc1ccc(SC(C)=O)cc1. The summed E-state index contributed by atoms with van der Waals surface area (Å²) in [4.78, 5) is 12.8. The molecular weight excluding hydrogens is 1020 g/mol. The molecule has 30 aromatic carbocycles. The van der Waals surface area contributed by atoms with Crippen LogP contribution >= 0.6 is 11.8 Å². The fourth-order valence-electron chi connectivity index (χ4n) is 26.0. The summed E-state index contributed by atoms with van der Waals surface area (Å²) in [6.45, 7) is 6.68. The third-order valence-corrected chi connectivity index (χ3v) is 27.9. The van der Waals surface area contributed by atoms with Crippen molar-refractivity contribution in [3.8, 4) is 23.7 Å². The largest absolute Gasteiger partial charge is 0.287 e. The second-order valence-electron chi connectivity index (χ2n) is 28.5. The maximum absolute atomic E-state index is 11.9. The molecular formula is C81H18OS. The Labute approximate surface area is 463 Å². The highest BCUT2D eigenvalue weighted by Crippen LogP contribution is 2.84. The molecule has 0 fully saturated rings. The molecule has 0 amide bonds. The van der Waals surface area contributed by atoms with E-state index in [1.807, 2.05) is 24.3 Å². The molecule has 0 unspecified atom stereocenters. The van der Waals surface area contributed by atoms with Gasteiger partial charge in [0, 0.05) is 33.9 Å². The zero-order chi connectivity index (χ0) is 51.1. The van der Waals surface area contributed by atoms with E-state index in [1.165, 1.54) is 17.3 Å². The van der Waals surface area contributed by atoms with Gasteiger partial charge in [0.25, 0.3) is 0 Å². The molecule has 354 valence electrons. The second kappa shape index (κ2) is 8.48. The van der Waals surface area contributed by atoms with E-state index < -0.39 is 10.8 Å². The molecule has 0 aliphatic heterocycles. The maximum atomic E-state index is 11.9. The van der Waals surface area contributed by atoms with Crippen LogP contribution in [0.15, 0.2) is 47.4 Å². The van der Waals surface area contributed by atoms with Crippen LogP contribution in [0.5, 0.6) is 0 Å². The highest BCUT2D eigenvalue weighted by atomic mass is 32.2. The molecule has 0 N–H and O–H groups in total. The molecule has 0 aromatic heterocycles. The van der Waals surface area contributed by atoms with Crippen molar-refractivity contribution in [3.05, 3.63) is 87.0 Å². The Morgan fingerprint density at radius 1 is 0.337 bits per heavy atom. The first-order chi connectivity index (χ1) is 41.0. The van der Waals surface area contributed by atoms with Crippen LogP contribution < -0.4 is 0 Å². The van der Waals surface area contributed by atoms with E-state index >= 15 is 0 Å². The number of hydrogen-bond acceptors (Lipinski definition) is 2. The van der Waals surface area contributed by atoms with Crippen LogP contribution in [0.2, 0.25) is 0 Å². The zero-order valence-corrected chi connectivity index (χ0v) is 44.4.